The van der Waals surface area contributed by atoms with Gasteiger partial charge in [0.15, 0.2) is 0 Å². The number of halogens is 1. The van der Waals surface area contributed by atoms with Crippen molar-refractivity contribution in [1.29, 1.82) is 0 Å². The zero-order valence-electron chi connectivity index (χ0n) is 10.8. The van der Waals surface area contributed by atoms with Crippen LogP contribution in [0.2, 0.25) is 0 Å². The quantitative estimate of drug-likeness (QED) is 0.611. The molecule has 2 rings (SSSR count). The average molecular weight is 341 g/mol. The number of rotatable bonds is 2. The molecule has 1 unspecified atom stereocenters. The Kier molecular flexibility index (Phi) is 4.17. The van der Waals surface area contributed by atoms with E-state index in [1.807, 2.05) is 0 Å². The molecular weight excluding hydrogens is 328 g/mol. The zero-order valence-corrected chi connectivity index (χ0v) is 12.4. The van der Waals surface area contributed by atoms with Gasteiger partial charge in [-0.25, -0.2) is 0 Å². The van der Waals surface area contributed by atoms with Gasteiger partial charge in [-0.2, -0.15) is 0 Å². The Labute approximate surface area is 124 Å². The molecule has 0 aromatic heterocycles. The number of ketones is 1. The Balaban J connectivity index is 2.25. The van der Waals surface area contributed by atoms with Crippen molar-refractivity contribution in [2.45, 2.75) is 13.3 Å². The molecule has 1 aliphatic heterocycles. The van der Waals surface area contributed by atoms with E-state index in [2.05, 4.69) is 15.9 Å². The van der Waals surface area contributed by atoms with Gasteiger partial charge in [-0.1, -0.05) is 22.9 Å². The summed E-state index contributed by atoms with van der Waals surface area (Å²) in [6.07, 6.45) is 0.336. The SMILES string of the molecule is CC1CN(C(=O)c2cc(Br)cc([N+](=O)[O-])c2)CCC1=O. The van der Waals surface area contributed by atoms with Crippen LogP contribution in [-0.2, 0) is 4.79 Å². The van der Waals surface area contributed by atoms with Crippen LogP contribution in [0.25, 0.3) is 0 Å². The lowest BCUT2D eigenvalue weighted by molar-refractivity contribution is -0.385. The van der Waals surface area contributed by atoms with Crippen LogP contribution in [0.3, 0.4) is 0 Å². The molecule has 1 aliphatic rings. The predicted molar refractivity (Wildman–Crippen MR) is 75.5 cm³/mol. The highest BCUT2D eigenvalue weighted by Crippen LogP contribution is 2.23. The normalized spacial score (nSPS) is 19.0. The van der Waals surface area contributed by atoms with Gasteiger partial charge in [0, 0.05) is 47.6 Å². The van der Waals surface area contributed by atoms with E-state index < -0.39 is 4.92 Å². The summed E-state index contributed by atoms with van der Waals surface area (Å²) in [6, 6.07) is 4.16. The molecule has 7 heteroatoms. The second kappa shape index (κ2) is 5.70. The predicted octanol–water partition coefficient (Wildman–Crippen LogP) is 2.41. The van der Waals surface area contributed by atoms with Crippen molar-refractivity contribution >= 4 is 33.3 Å². The summed E-state index contributed by atoms with van der Waals surface area (Å²) in [4.78, 5) is 35.7. The Morgan fingerprint density at radius 1 is 1.45 bits per heavy atom. The van der Waals surface area contributed by atoms with Gasteiger partial charge in [-0.3, -0.25) is 19.7 Å². The summed E-state index contributed by atoms with van der Waals surface area (Å²) in [6.45, 7) is 2.51. The molecule has 1 saturated heterocycles. The van der Waals surface area contributed by atoms with E-state index in [1.165, 1.54) is 12.1 Å². The number of Topliss-reactive ketones (excluding diaryl/α,β-unsaturated/α-hetero) is 1. The third-order valence-corrected chi connectivity index (χ3v) is 3.76. The number of benzene rings is 1. The average Bonchev–Trinajstić information content (AvgIpc) is 2.40. The van der Waals surface area contributed by atoms with Gasteiger partial charge in [-0.15, -0.1) is 0 Å². The molecule has 20 heavy (non-hydrogen) atoms. The third kappa shape index (κ3) is 3.04. The summed E-state index contributed by atoms with van der Waals surface area (Å²) in [5.74, 6) is -0.321. The fourth-order valence-electron chi connectivity index (χ4n) is 2.19. The molecule has 0 radical (unpaired) electrons. The number of hydrogen-bond donors (Lipinski definition) is 0. The van der Waals surface area contributed by atoms with Crippen molar-refractivity contribution in [2.24, 2.45) is 5.92 Å². The van der Waals surface area contributed by atoms with E-state index in [0.29, 0.717) is 24.0 Å². The van der Waals surface area contributed by atoms with Crippen molar-refractivity contribution in [1.82, 2.24) is 4.90 Å². The highest BCUT2D eigenvalue weighted by Gasteiger charge is 2.28. The van der Waals surface area contributed by atoms with Gasteiger partial charge in [0.1, 0.15) is 5.78 Å². The van der Waals surface area contributed by atoms with Gasteiger partial charge in [0.2, 0.25) is 0 Å². The maximum Gasteiger partial charge on any atom is 0.271 e. The number of nitro groups is 1. The molecule has 1 atom stereocenters. The molecular formula is C13H13BrN2O4. The molecule has 1 heterocycles. The number of non-ortho nitro benzene ring substituents is 1. The van der Waals surface area contributed by atoms with Crippen LogP contribution < -0.4 is 0 Å². The first-order valence-electron chi connectivity index (χ1n) is 6.15. The van der Waals surface area contributed by atoms with Crippen LogP contribution in [0.5, 0.6) is 0 Å². The highest BCUT2D eigenvalue weighted by atomic mass is 79.9. The summed E-state index contributed by atoms with van der Waals surface area (Å²) >= 11 is 3.17. The first kappa shape index (κ1) is 14.6. The summed E-state index contributed by atoms with van der Waals surface area (Å²) < 4.78 is 0.483. The summed E-state index contributed by atoms with van der Waals surface area (Å²) in [5, 5.41) is 10.8. The number of amides is 1. The zero-order chi connectivity index (χ0) is 14.9. The van der Waals surface area contributed by atoms with E-state index in [-0.39, 0.29) is 28.9 Å². The van der Waals surface area contributed by atoms with Crippen LogP contribution in [0.15, 0.2) is 22.7 Å². The van der Waals surface area contributed by atoms with Crippen LogP contribution in [0, 0.1) is 16.0 Å². The topological polar surface area (TPSA) is 80.5 Å². The Bertz CT molecular complexity index is 588. The van der Waals surface area contributed by atoms with E-state index in [9.17, 15) is 19.7 Å². The monoisotopic (exact) mass is 340 g/mol. The van der Waals surface area contributed by atoms with Gasteiger partial charge >= 0.3 is 0 Å². The smallest absolute Gasteiger partial charge is 0.271 e. The minimum atomic E-state index is -0.538. The van der Waals surface area contributed by atoms with E-state index in [1.54, 1.807) is 17.9 Å². The van der Waals surface area contributed by atoms with E-state index in [0.717, 1.165) is 0 Å². The third-order valence-electron chi connectivity index (χ3n) is 3.30. The lowest BCUT2D eigenvalue weighted by Gasteiger charge is -2.30. The standard InChI is InChI=1S/C13H13BrN2O4/c1-8-7-15(3-2-12(8)17)13(18)9-4-10(14)6-11(5-9)16(19)20/h4-6,8H,2-3,7H2,1H3. The molecule has 1 fully saturated rings. The highest BCUT2D eigenvalue weighted by molar-refractivity contribution is 9.10. The van der Waals surface area contributed by atoms with Crippen LogP contribution in [0.1, 0.15) is 23.7 Å². The Morgan fingerprint density at radius 2 is 2.15 bits per heavy atom. The minimum absolute atomic E-state index is 0.135. The summed E-state index contributed by atoms with van der Waals surface area (Å²) in [7, 11) is 0. The van der Waals surface area contributed by atoms with Crippen LogP contribution >= 0.6 is 15.9 Å². The first-order chi connectivity index (χ1) is 9.38. The molecule has 106 valence electrons. The molecule has 1 aromatic carbocycles. The lowest BCUT2D eigenvalue weighted by atomic mass is 9.98. The minimum Gasteiger partial charge on any atom is -0.337 e. The van der Waals surface area contributed by atoms with Crippen molar-refractivity contribution in [2.75, 3.05) is 13.1 Å². The number of hydrogen-bond acceptors (Lipinski definition) is 4. The second-order valence-electron chi connectivity index (χ2n) is 4.82. The number of carbonyl (C=O) groups is 2. The van der Waals surface area contributed by atoms with Gasteiger partial charge in [0.25, 0.3) is 11.6 Å². The first-order valence-corrected chi connectivity index (χ1v) is 6.94. The van der Waals surface area contributed by atoms with Crippen molar-refractivity contribution in [3.8, 4) is 0 Å². The maximum atomic E-state index is 12.4. The molecule has 0 spiro atoms. The fourth-order valence-corrected chi connectivity index (χ4v) is 2.67. The molecule has 6 nitrogen and oxygen atoms in total. The van der Waals surface area contributed by atoms with Crippen molar-refractivity contribution < 1.29 is 14.5 Å². The molecule has 0 bridgehead atoms. The van der Waals surface area contributed by atoms with E-state index >= 15 is 0 Å². The number of piperidine rings is 1. The number of likely N-dealkylation sites (tertiary alicyclic amines) is 1. The molecule has 1 amide bonds. The number of carbonyl (C=O) groups excluding carboxylic acids is 2. The van der Waals surface area contributed by atoms with E-state index in [4.69, 9.17) is 0 Å². The molecule has 0 aliphatic carbocycles. The largest absolute Gasteiger partial charge is 0.337 e. The number of nitrogens with zero attached hydrogens (tertiary/aromatic N) is 2. The fraction of sp³-hybridized carbons (Fsp3) is 0.385. The van der Waals surface area contributed by atoms with Gasteiger partial charge in [0.05, 0.1) is 4.92 Å². The number of nitro benzene ring substituents is 1. The second-order valence-corrected chi connectivity index (χ2v) is 5.74. The molecule has 1 aromatic rings. The Hall–Kier alpha value is -1.76. The molecule has 0 N–H and O–H groups in total. The molecule has 0 saturated carbocycles. The van der Waals surface area contributed by atoms with Gasteiger partial charge in [-0.05, 0) is 6.07 Å². The lowest BCUT2D eigenvalue weighted by Crippen LogP contribution is -2.43. The van der Waals surface area contributed by atoms with Crippen molar-refractivity contribution in [3.63, 3.8) is 0 Å². The maximum absolute atomic E-state index is 12.4. The van der Waals surface area contributed by atoms with Crippen LogP contribution in [0.4, 0.5) is 5.69 Å². The van der Waals surface area contributed by atoms with Gasteiger partial charge < -0.3 is 4.90 Å². The van der Waals surface area contributed by atoms with Crippen molar-refractivity contribution in [3.05, 3.63) is 38.3 Å². The summed E-state index contributed by atoms with van der Waals surface area (Å²) in [5.41, 5.74) is 0.122. The Morgan fingerprint density at radius 3 is 2.75 bits per heavy atom. The van der Waals surface area contributed by atoms with Crippen LogP contribution in [-0.4, -0.2) is 34.6 Å².